The number of nitrogens with one attached hydrogen (secondary N) is 1. The molecule has 0 aliphatic heterocycles. The number of nitrogens with zero attached hydrogens (tertiary/aromatic N) is 1. The molecule has 3 nitrogen and oxygen atoms in total. The fraction of sp³-hybridized carbons (Fsp3) is 0.0417. The maximum Gasteiger partial charge on any atom is 0.118 e. The Kier molecular flexibility index (Phi) is 4.84. The minimum atomic E-state index is 0.827. The third-order valence-electron chi connectivity index (χ3n) is 4.49. The summed E-state index contributed by atoms with van der Waals surface area (Å²) in [7, 11) is 1.67. The Bertz CT molecular complexity index is 1060. The van der Waals surface area contributed by atoms with E-state index in [9.17, 15) is 0 Å². The number of ether oxygens (including phenoxy) is 1. The Hall–Kier alpha value is -3.59. The van der Waals surface area contributed by atoms with Crippen LogP contribution in [-0.2, 0) is 0 Å². The maximum atomic E-state index is 5.28. The molecular formula is C24H20N2O. The van der Waals surface area contributed by atoms with Crippen LogP contribution in [-0.4, -0.2) is 12.8 Å². The smallest absolute Gasteiger partial charge is 0.118 e. The zero-order valence-electron chi connectivity index (χ0n) is 15.1. The van der Waals surface area contributed by atoms with Crippen molar-refractivity contribution in [2.75, 3.05) is 12.5 Å². The third kappa shape index (κ3) is 3.67. The van der Waals surface area contributed by atoms with Gasteiger partial charge in [-0.25, -0.2) is 0 Å². The van der Waals surface area contributed by atoms with Gasteiger partial charge in [0.1, 0.15) is 5.75 Å². The molecule has 0 unspecified atom stereocenters. The maximum absolute atomic E-state index is 5.28. The van der Waals surface area contributed by atoms with Gasteiger partial charge in [-0.05, 0) is 35.7 Å². The highest BCUT2D eigenvalue weighted by molar-refractivity contribution is 6.13. The molecule has 0 spiro atoms. The second kappa shape index (κ2) is 7.75. The number of fused-ring (bicyclic) bond motifs is 1. The first-order valence-corrected chi connectivity index (χ1v) is 8.86. The molecular weight excluding hydrogens is 332 g/mol. The quantitative estimate of drug-likeness (QED) is 0.368. The van der Waals surface area contributed by atoms with E-state index in [1.165, 1.54) is 5.39 Å². The predicted octanol–water partition coefficient (Wildman–Crippen LogP) is 5.71. The van der Waals surface area contributed by atoms with Crippen molar-refractivity contribution < 1.29 is 4.74 Å². The Morgan fingerprint density at radius 1 is 0.704 bits per heavy atom. The van der Waals surface area contributed by atoms with E-state index in [1.807, 2.05) is 66.7 Å². The van der Waals surface area contributed by atoms with Crippen LogP contribution >= 0.6 is 0 Å². The van der Waals surface area contributed by atoms with Gasteiger partial charge in [-0.2, -0.15) is 5.10 Å². The molecule has 27 heavy (non-hydrogen) atoms. The van der Waals surface area contributed by atoms with Gasteiger partial charge >= 0.3 is 0 Å². The minimum Gasteiger partial charge on any atom is -0.497 e. The van der Waals surface area contributed by atoms with Crippen molar-refractivity contribution in [3.63, 3.8) is 0 Å². The highest BCUT2D eigenvalue weighted by Gasteiger charge is 2.08. The van der Waals surface area contributed by atoms with Gasteiger partial charge in [0.25, 0.3) is 0 Å². The number of hydrogen-bond donors (Lipinski definition) is 1. The van der Waals surface area contributed by atoms with Gasteiger partial charge in [0.2, 0.25) is 0 Å². The normalized spacial score (nSPS) is 11.4. The molecule has 0 fully saturated rings. The van der Waals surface area contributed by atoms with Crippen LogP contribution in [0.15, 0.2) is 102 Å². The van der Waals surface area contributed by atoms with E-state index < -0.39 is 0 Å². The molecule has 0 heterocycles. The lowest BCUT2D eigenvalue weighted by Crippen LogP contribution is -2.06. The summed E-state index contributed by atoms with van der Waals surface area (Å²) < 4.78 is 5.28. The summed E-state index contributed by atoms with van der Waals surface area (Å²) in [6.45, 7) is 0. The molecule has 0 saturated heterocycles. The molecule has 4 aromatic rings. The van der Waals surface area contributed by atoms with Crippen LogP contribution in [0.2, 0.25) is 0 Å². The van der Waals surface area contributed by atoms with Gasteiger partial charge in [-0.15, -0.1) is 0 Å². The Balaban J connectivity index is 1.75. The van der Waals surface area contributed by atoms with Crippen LogP contribution < -0.4 is 10.2 Å². The highest BCUT2D eigenvalue weighted by atomic mass is 16.5. The SMILES string of the molecule is COc1ccc(C(=NNc2cccc3ccccc23)c2ccccc2)cc1. The van der Waals surface area contributed by atoms with Gasteiger partial charge in [0.15, 0.2) is 0 Å². The Morgan fingerprint density at radius 2 is 1.37 bits per heavy atom. The molecule has 0 radical (unpaired) electrons. The summed E-state index contributed by atoms with van der Waals surface area (Å²) in [6, 6.07) is 32.6. The van der Waals surface area contributed by atoms with Crippen LogP contribution in [0.5, 0.6) is 5.75 Å². The standard InChI is InChI=1S/C24H20N2O/c1-27-21-16-14-20(15-17-21)24(19-9-3-2-4-10-19)26-25-23-13-7-11-18-8-5-6-12-22(18)23/h2-17,25H,1H3. The fourth-order valence-corrected chi connectivity index (χ4v) is 3.08. The number of methoxy groups -OCH3 is 1. The molecule has 0 aromatic heterocycles. The molecule has 0 bridgehead atoms. The van der Waals surface area contributed by atoms with Gasteiger partial charge in [-0.1, -0.05) is 66.7 Å². The van der Waals surface area contributed by atoms with Gasteiger partial charge in [-0.3, -0.25) is 5.43 Å². The third-order valence-corrected chi connectivity index (χ3v) is 4.49. The predicted molar refractivity (Wildman–Crippen MR) is 113 cm³/mol. The topological polar surface area (TPSA) is 33.6 Å². The summed E-state index contributed by atoms with van der Waals surface area (Å²) >= 11 is 0. The first-order valence-electron chi connectivity index (χ1n) is 8.86. The first kappa shape index (κ1) is 16.9. The van der Waals surface area contributed by atoms with Gasteiger partial charge in [0.05, 0.1) is 18.5 Å². The molecule has 0 aliphatic rings. The van der Waals surface area contributed by atoms with Gasteiger partial charge in [0, 0.05) is 16.5 Å². The molecule has 0 aliphatic carbocycles. The van der Waals surface area contributed by atoms with Crippen LogP contribution in [0.4, 0.5) is 5.69 Å². The van der Waals surface area contributed by atoms with Crippen molar-refractivity contribution in [3.8, 4) is 5.75 Å². The van der Waals surface area contributed by atoms with E-state index in [2.05, 4.69) is 35.8 Å². The Morgan fingerprint density at radius 3 is 2.15 bits per heavy atom. The van der Waals surface area contributed by atoms with E-state index in [0.29, 0.717) is 0 Å². The largest absolute Gasteiger partial charge is 0.497 e. The van der Waals surface area contributed by atoms with Crippen LogP contribution in [0, 0.1) is 0 Å². The first-order chi connectivity index (χ1) is 13.3. The van der Waals surface area contributed by atoms with E-state index in [-0.39, 0.29) is 0 Å². The molecule has 132 valence electrons. The van der Waals surface area contributed by atoms with E-state index in [0.717, 1.165) is 33.7 Å². The minimum absolute atomic E-state index is 0.827. The van der Waals surface area contributed by atoms with Crippen LogP contribution in [0.25, 0.3) is 10.8 Å². The lowest BCUT2D eigenvalue weighted by molar-refractivity contribution is 0.415. The van der Waals surface area contributed by atoms with Crippen molar-refractivity contribution in [2.45, 2.75) is 0 Å². The summed E-state index contributed by atoms with van der Waals surface area (Å²) in [4.78, 5) is 0. The van der Waals surface area contributed by atoms with Crippen molar-refractivity contribution in [1.82, 2.24) is 0 Å². The van der Waals surface area contributed by atoms with Gasteiger partial charge < -0.3 is 4.74 Å². The molecule has 0 atom stereocenters. The van der Waals surface area contributed by atoms with E-state index in [1.54, 1.807) is 7.11 Å². The number of rotatable bonds is 5. The number of anilines is 1. The van der Waals surface area contributed by atoms with Crippen molar-refractivity contribution >= 4 is 22.2 Å². The zero-order chi connectivity index (χ0) is 18.5. The summed E-state index contributed by atoms with van der Waals surface area (Å²) in [5.74, 6) is 0.827. The summed E-state index contributed by atoms with van der Waals surface area (Å²) in [5.41, 5.74) is 7.21. The molecule has 1 N–H and O–H groups in total. The fourth-order valence-electron chi connectivity index (χ4n) is 3.08. The molecule has 0 saturated carbocycles. The number of benzene rings is 4. The molecule has 3 heteroatoms. The number of hydrazone groups is 1. The van der Waals surface area contributed by atoms with Crippen molar-refractivity contribution in [1.29, 1.82) is 0 Å². The number of hydrogen-bond acceptors (Lipinski definition) is 3. The van der Waals surface area contributed by atoms with E-state index in [4.69, 9.17) is 9.84 Å². The summed E-state index contributed by atoms with van der Waals surface area (Å²) in [6.07, 6.45) is 0. The average Bonchev–Trinajstić information content (AvgIpc) is 2.75. The average molecular weight is 352 g/mol. The molecule has 4 rings (SSSR count). The van der Waals surface area contributed by atoms with Crippen molar-refractivity contribution in [2.24, 2.45) is 5.10 Å². The Labute approximate surface area is 158 Å². The van der Waals surface area contributed by atoms with Crippen molar-refractivity contribution in [3.05, 3.63) is 108 Å². The monoisotopic (exact) mass is 352 g/mol. The highest BCUT2D eigenvalue weighted by Crippen LogP contribution is 2.23. The zero-order valence-corrected chi connectivity index (χ0v) is 15.1. The lowest BCUT2D eigenvalue weighted by Gasteiger charge is -2.11. The lowest BCUT2D eigenvalue weighted by atomic mass is 10.0. The summed E-state index contributed by atoms with van der Waals surface area (Å²) in [5, 5.41) is 7.09. The molecule has 4 aromatic carbocycles. The van der Waals surface area contributed by atoms with E-state index >= 15 is 0 Å². The van der Waals surface area contributed by atoms with Crippen LogP contribution in [0.3, 0.4) is 0 Å². The molecule has 0 amide bonds. The second-order valence-electron chi connectivity index (χ2n) is 6.19. The second-order valence-corrected chi connectivity index (χ2v) is 6.19. The van der Waals surface area contributed by atoms with Crippen LogP contribution in [0.1, 0.15) is 11.1 Å².